The maximum Gasteiger partial charge on any atom is 0.344 e. The molecular weight excluding hydrogens is 382 g/mol. The summed E-state index contributed by atoms with van der Waals surface area (Å²) in [6, 6.07) is 26.4. The van der Waals surface area contributed by atoms with Gasteiger partial charge in [0.2, 0.25) is 5.88 Å². The van der Waals surface area contributed by atoms with E-state index < -0.39 is 10.9 Å². The number of carbonyl (C=O) groups excluding carboxylic acids is 1. The first-order valence-corrected chi connectivity index (χ1v) is 9.06. The minimum Gasteiger partial charge on any atom is -0.402 e. The Morgan fingerprint density at radius 3 is 1.97 bits per heavy atom. The van der Waals surface area contributed by atoms with Crippen molar-refractivity contribution in [3.8, 4) is 28.3 Å². The Labute approximate surface area is 171 Å². The second kappa shape index (κ2) is 8.32. The van der Waals surface area contributed by atoms with Crippen molar-refractivity contribution in [2.45, 2.75) is 0 Å². The average Bonchev–Trinajstić information content (AvgIpc) is 2.80. The van der Waals surface area contributed by atoms with Crippen LogP contribution in [0.3, 0.4) is 0 Å². The number of ether oxygens (including phenoxy) is 1. The minimum atomic E-state index is -0.667. The Hall–Kier alpha value is -4.39. The summed E-state index contributed by atoms with van der Waals surface area (Å²) < 4.78 is 5.19. The predicted octanol–water partition coefficient (Wildman–Crippen LogP) is 4.94. The summed E-state index contributed by atoms with van der Waals surface area (Å²) in [4.78, 5) is 22.3. The average molecular weight is 397 g/mol. The van der Waals surface area contributed by atoms with Crippen LogP contribution < -0.4 is 4.74 Å². The van der Waals surface area contributed by atoms with Gasteiger partial charge in [0.05, 0.1) is 16.2 Å². The highest BCUT2D eigenvalue weighted by Crippen LogP contribution is 2.24. The van der Waals surface area contributed by atoms with E-state index in [0.29, 0.717) is 5.69 Å². The molecule has 0 saturated carbocycles. The van der Waals surface area contributed by atoms with E-state index in [1.165, 1.54) is 24.3 Å². The summed E-state index contributed by atoms with van der Waals surface area (Å²) in [5, 5.41) is 18.7. The van der Waals surface area contributed by atoms with Crippen LogP contribution in [0.5, 0.6) is 5.88 Å². The highest BCUT2D eigenvalue weighted by atomic mass is 16.6. The van der Waals surface area contributed by atoms with Crippen LogP contribution in [0.2, 0.25) is 0 Å². The number of non-ortho nitro benzene ring substituents is 1. The fourth-order valence-electron chi connectivity index (χ4n) is 2.87. The minimum absolute atomic E-state index is 0.0445. The Balaban J connectivity index is 1.45. The lowest BCUT2D eigenvalue weighted by Gasteiger charge is -2.06. The third-order valence-electron chi connectivity index (χ3n) is 4.44. The van der Waals surface area contributed by atoms with Crippen LogP contribution in [-0.2, 0) is 0 Å². The van der Waals surface area contributed by atoms with E-state index in [4.69, 9.17) is 4.74 Å². The summed E-state index contributed by atoms with van der Waals surface area (Å²) in [7, 11) is 0. The first kappa shape index (κ1) is 18.9. The SMILES string of the molecule is O=C(Oc1ccc(-c2ccc(-c3ccccc3)cc2)nn1)c1ccc([N+](=O)[O-])cc1. The van der Waals surface area contributed by atoms with Gasteiger partial charge in [-0.25, -0.2) is 4.79 Å². The van der Waals surface area contributed by atoms with Crippen molar-refractivity contribution < 1.29 is 14.5 Å². The summed E-state index contributed by atoms with van der Waals surface area (Å²) in [5.41, 5.74) is 3.83. The van der Waals surface area contributed by atoms with Gasteiger partial charge in [-0.15, -0.1) is 10.2 Å². The Bertz CT molecular complexity index is 1170. The van der Waals surface area contributed by atoms with Gasteiger partial charge in [-0.3, -0.25) is 10.1 Å². The largest absolute Gasteiger partial charge is 0.402 e. The topological polar surface area (TPSA) is 95.2 Å². The molecule has 0 fully saturated rings. The van der Waals surface area contributed by atoms with Crippen LogP contribution in [0, 0.1) is 10.1 Å². The van der Waals surface area contributed by atoms with Gasteiger partial charge in [0.1, 0.15) is 0 Å². The summed E-state index contributed by atoms with van der Waals surface area (Å²) in [6.07, 6.45) is 0. The van der Waals surface area contributed by atoms with Crippen molar-refractivity contribution in [2.24, 2.45) is 0 Å². The molecule has 0 N–H and O–H groups in total. The van der Waals surface area contributed by atoms with Crippen LogP contribution in [0.4, 0.5) is 5.69 Å². The maximum atomic E-state index is 12.2. The number of benzene rings is 3. The fraction of sp³-hybridized carbons (Fsp3) is 0. The van der Waals surface area contributed by atoms with Gasteiger partial charge in [-0.05, 0) is 29.3 Å². The van der Waals surface area contributed by atoms with Crippen molar-refractivity contribution in [3.63, 3.8) is 0 Å². The van der Waals surface area contributed by atoms with Gasteiger partial charge in [-0.2, -0.15) is 0 Å². The molecule has 3 aromatic carbocycles. The molecule has 7 nitrogen and oxygen atoms in total. The molecule has 0 unspecified atom stereocenters. The van der Waals surface area contributed by atoms with E-state index in [2.05, 4.69) is 10.2 Å². The molecule has 0 spiro atoms. The van der Waals surface area contributed by atoms with Gasteiger partial charge in [0.25, 0.3) is 5.69 Å². The number of aromatic nitrogens is 2. The molecule has 0 aliphatic heterocycles. The van der Waals surface area contributed by atoms with Crippen LogP contribution in [-0.4, -0.2) is 21.1 Å². The smallest absolute Gasteiger partial charge is 0.344 e. The lowest BCUT2D eigenvalue weighted by Crippen LogP contribution is -2.10. The Morgan fingerprint density at radius 1 is 0.733 bits per heavy atom. The molecule has 0 radical (unpaired) electrons. The maximum absolute atomic E-state index is 12.2. The summed E-state index contributed by atoms with van der Waals surface area (Å²) >= 11 is 0. The van der Waals surface area contributed by atoms with Crippen molar-refractivity contribution >= 4 is 11.7 Å². The number of nitro benzene ring substituents is 1. The second-order valence-electron chi connectivity index (χ2n) is 6.39. The van der Waals surface area contributed by atoms with Crippen LogP contribution in [0.15, 0.2) is 91.0 Å². The summed E-state index contributed by atoms with van der Waals surface area (Å²) in [5.74, 6) is -0.623. The molecule has 7 heteroatoms. The molecular formula is C23H15N3O4. The molecule has 0 aliphatic rings. The monoisotopic (exact) mass is 397 g/mol. The number of nitro groups is 1. The van der Waals surface area contributed by atoms with E-state index >= 15 is 0 Å². The third-order valence-corrected chi connectivity index (χ3v) is 4.44. The number of esters is 1. The number of hydrogen-bond donors (Lipinski definition) is 0. The molecule has 0 atom stereocenters. The Kier molecular flexibility index (Phi) is 5.25. The lowest BCUT2D eigenvalue weighted by atomic mass is 10.0. The highest BCUT2D eigenvalue weighted by Gasteiger charge is 2.13. The molecule has 0 saturated heterocycles. The number of rotatable bonds is 5. The standard InChI is InChI=1S/C23H15N3O4/c27-23(19-10-12-20(13-11-19)26(28)29)30-22-15-14-21(24-25-22)18-8-6-17(7-9-18)16-4-2-1-3-5-16/h1-15H. The van der Waals surface area contributed by atoms with E-state index in [0.717, 1.165) is 16.7 Å². The second-order valence-corrected chi connectivity index (χ2v) is 6.39. The highest BCUT2D eigenvalue weighted by molar-refractivity contribution is 5.91. The van der Waals surface area contributed by atoms with Crippen molar-refractivity contribution in [1.82, 2.24) is 10.2 Å². The van der Waals surface area contributed by atoms with E-state index in [-0.39, 0.29) is 17.1 Å². The molecule has 0 aliphatic carbocycles. The number of carbonyl (C=O) groups is 1. The first-order chi connectivity index (χ1) is 14.6. The lowest BCUT2D eigenvalue weighted by molar-refractivity contribution is -0.384. The van der Waals surface area contributed by atoms with Crippen LogP contribution in [0.25, 0.3) is 22.4 Å². The van der Waals surface area contributed by atoms with Crippen molar-refractivity contribution in [3.05, 3.63) is 107 Å². The van der Waals surface area contributed by atoms with E-state index in [9.17, 15) is 14.9 Å². The summed E-state index contributed by atoms with van der Waals surface area (Å²) in [6.45, 7) is 0. The first-order valence-electron chi connectivity index (χ1n) is 9.06. The number of nitrogens with zero attached hydrogens (tertiary/aromatic N) is 3. The third kappa shape index (κ3) is 4.20. The van der Waals surface area contributed by atoms with Gasteiger partial charge in [0.15, 0.2) is 0 Å². The van der Waals surface area contributed by atoms with Gasteiger partial charge in [-0.1, -0.05) is 54.6 Å². The zero-order valence-electron chi connectivity index (χ0n) is 15.6. The molecule has 0 bridgehead atoms. The normalized spacial score (nSPS) is 10.4. The molecule has 1 heterocycles. The fourth-order valence-corrected chi connectivity index (χ4v) is 2.87. The molecule has 4 rings (SSSR count). The molecule has 1 aromatic heterocycles. The van der Waals surface area contributed by atoms with Crippen molar-refractivity contribution in [1.29, 1.82) is 0 Å². The van der Waals surface area contributed by atoms with Crippen molar-refractivity contribution in [2.75, 3.05) is 0 Å². The van der Waals surface area contributed by atoms with Gasteiger partial charge < -0.3 is 4.74 Å². The van der Waals surface area contributed by atoms with Gasteiger partial charge in [0, 0.05) is 23.8 Å². The van der Waals surface area contributed by atoms with Crippen LogP contribution in [0.1, 0.15) is 10.4 Å². The molecule has 0 amide bonds. The number of hydrogen-bond acceptors (Lipinski definition) is 6. The van der Waals surface area contributed by atoms with E-state index in [1.54, 1.807) is 12.1 Å². The molecule has 4 aromatic rings. The predicted molar refractivity (Wildman–Crippen MR) is 111 cm³/mol. The van der Waals surface area contributed by atoms with E-state index in [1.807, 2.05) is 54.6 Å². The van der Waals surface area contributed by atoms with Crippen LogP contribution >= 0.6 is 0 Å². The van der Waals surface area contributed by atoms with Gasteiger partial charge >= 0.3 is 5.97 Å². The zero-order chi connectivity index (χ0) is 20.9. The molecule has 30 heavy (non-hydrogen) atoms. The zero-order valence-corrected chi connectivity index (χ0v) is 15.6. The Morgan fingerprint density at radius 2 is 1.37 bits per heavy atom. The quantitative estimate of drug-likeness (QED) is 0.269. The molecule has 146 valence electrons.